The van der Waals surface area contributed by atoms with E-state index in [1.54, 1.807) is 31.4 Å². The quantitative estimate of drug-likeness (QED) is 0.476. The first kappa shape index (κ1) is 16.8. The van der Waals surface area contributed by atoms with Crippen molar-refractivity contribution in [2.45, 2.75) is 26.7 Å². The number of ether oxygens (including phenoxy) is 2. The van der Waals surface area contributed by atoms with Crippen LogP contribution in [0.25, 0.3) is 6.08 Å². The molecular weight excluding hydrogens is 270 g/mol. The van der Waals surface area contributed by atoms with Gasteiger partial charge in [0.1, 0.15) is 5.75 Å². The molecule has 0 heterocycles. The van der Waals surface area contributed by atoms with Crippen LogP contribution in [0.15, 0.2) is 24.3 Å². The summed E-state index contributed by atoms with van der Waals surface area (Å²) in [5.41, 5.74) is 1.29. The fourth-order valence-corrected chi connectivity index (χ4v) is 1.63. The van der Waals surface area contributed by atoms with E-state index in [-0.39, 0.29) is 5.91 Å². The van der Waals surface area contributed by atoms with Gasteiger partial charge in [-0.1, -0.05) is 13.3 Å². The molecule has 21 heavy (non-hydrogen) atoms. The maximum atomic E-state index is 11.6. The second-order valence-electron chi connectivity index (χ2n) is 4.49. The van der Waals surface area contributed by atoms with E-state index in [4.69, 9.17) is 9.47 Å². The molecule has 5 nitrogen and oxygen atoms in total. The number of unbranched alkanes of at least 4 members (excludes halogenated alkanes) is 1. The number of anilines is 1. The second-order valence-corrected chi connectivity index (χ2v) is 4.49. The predicted octanol–water partition coefficient (Wildman–Crippen LogP) is 3.01. The van der Waals surface area contributed by atoms with Crippen molar-refractivity contribution in [2.75, 3.05) is 19.0 Å². The van der Waals surface area contributed by atoms with Crippen LogP contribution >= 0.6 is 0 Å². The van der Waals surface area contributed by atoms with Gasteiger partial charge < -0.3 is 14.8 Å². The summed E-state index contributed by atoms with van der Waals surface area (Å²) in [4.78, 5) is 22.7. The third-order valence-electron chi connectivity index (χ3n) is 2.71. The Labute approximate surface area is 124 Å². The predicted molar refractivity (Wildman–Crippen MR) is 82.2 cm³/mol. The molecule has 0 aliphatic heterocycles. The normalized spacial score (nSPS) is 10.4. The molecule has 1 aromatic carbocycles. The number of amides is 1. The minimum Gasteiger partial charge on any atom is -0.497 e. The molecule has 1 N–H and O–H groups in total. The zero-order chi connectivity index (χ0) is 15.7. The molecule has 1 rings (SSSR count). The summed E-state index contributed by atoms with van der Waals surface area (Å²) in [6, 6.07) is 5.20. The molecule has 0 bridgehead atoms. The van der Waals surface area contributed by atoms with Gasteiger partial charge in [-0.3, -0.25) is 4.79 Å². The Morgan fingerprint density at radius 3 is 2.71 bits per heavy atom. The molecule has 1 aromatic rings. The lowest BCUT2D eigenvalue weighted by Crippen LogP contribution is -2.07. The molecular formula is C16H21NO4. The number of hydrogen-bond donors (Lipinski definition) is 1. The van der Waals surface area contributed by atoms with E-state index < -0.39 is 5.97 Å². The summed E-state index contributed by atoms with van der Waals surface area (Å²) < 4.78 is 10.2. The van der Waals surface area contributed by atoms with E-state index in [1.807, 2.05) is 6.92 Å². The number of nitrogens with one attached hydrogen (secondary N) is 1. The second kappa shape index (κ2) is 8.79. The molecule has 0 spiro atoms. The number of rotatable bonds is 7. The zero-order valence-electron chi connectivity index (χ0n) is 12.6. The molecule has 0 aliphatic carbocycles. The minimum absolute atomic E-state index is 0.180. The first-order chi connectivity index (χ1) is 10.1. The first-order valence-corrected chi connectivity index (χ1v) is 6.87. The summed E-state index contributed by atoms with van der Waals surface area (Å²) in [5.74, 6) is 0.0588. The fourth-order valence-electron chi connectivity index (χ4n) is 1.63. The van der Waals surface area contributed by atoms with Crippen LogP contribution in [0, 0.1) is 0 Å². The fraction of sp³-hybridized carbons (Fsp3) is 0.375. The van der Waals surface area contributed by atoms with Crippen molar-refractivity contribution in [3.63, 3.8) is 0 Å². The van der Waals surface area contributed by atoms with Gasteiger partial charge in [-0.05, 0) is 30.7 Å². The van der Waals surface area contributed by atoms with Gasteiger partial charge >= 0.3 is 5.97 Å². The van der Waals surface area contributed by atoms with Crippen LogP contribution in [0.3, 0.4) is 0 Å². The Balaban J connectivity index is 2.83. The van der Waals surface area contributed by atoms with Gasteiger partial charge in [-0.2, -0.15) is 0 Å². The van der Waals surface area contributed by atoms with Gasteiger partial charge in [0.2, 0.25) is 5.91 Å². The Hall–Kier alpha value is -2.30. The number of benzene rings is 1. The summed E-state index contributed by atoms with van der Waals surface area (Å²) in [6.07, 6.45) is 4.76. The molecule has 0 saturated heterocycles. The average Bonchev–Trinajstić information content (AvgIpc) is 2.46. The number of esters is 1. The van der Waals surface area contributed by atoms with E-state index in [2.05, 4.69) is 5.32 Å². The van der Waals surface area contributed by atoms with E-state index in [0.29, 0.717) is 23.6 Å². The molecule has 0 fully saturated rings. The topological polar surface area (TPSA) is 64.6 Å². The summed E-state index contributed by atoms with van der Waals surface area (Å²) >= 11 is 0. The molecule has 0 saturated carbocycles. The van der Waals surface area contributed by atoms with E-state index in [0.717, 1.165) is 12.8 Å². The molecule has 0 unspecified atom stereocenters. The lowest BCUT2D eigenvalue weighted by Gasteiger charge is -2.09. The van der Waals surface area contributed by atoms with E-state index >= 15 is 0 Å². The van der Waals surface area contributed by atoms with Crippen molar-refractivity contribution < 1.29 is 19.1 Å². The Bertz CT molecular complexity index is 523. The van der Waals surface area contributed by atoms with Crippen molar-refractivity contribution in [3.05, 3.63) is 29.8 Å². The summed E-state index contributed by atoms with van der Waals surface area (Å²) in [6.45, 7) is 3.87. The van der Waals surface area contributed by atoms with E-state index in [1.165, 1.54) is 13.0 Å². The maximum Gasteiger partial charge on any atom is 0.330 e. The highest BCUT2D eigenvalue weighted by Crippen LogP contribution is 2.23. The largest absolute Gasteiger partial charge is 0.497 e. The van der Waals surface area contributed by atoms with Crippen LogP contribution in [0.1, 0.15) is 32.3 Å². The number of hydrogen-bond acceptors (Lipinski definition) is 4. The standard InChI is InChI=1S/C16H21NO4/c1-4-5-10-21-16(19)9-6-13-11-14(20-3)7-8-15(13)17-12(2)18/h6-9,11H,4-5,10H2,1-3H3,(H,17,18)/b9-6+. The smallest absolute Gasteiger partial charge is 0.330 e. The summed E-state index contributed by atoms with van der Waals surface area (Å²) in [7, 11) is 1.56. The molecule has 5 heteroatoms. The van der Waals surface area contributed by atoms with Crippen molar-refractivity contribution in [2.24, 2.45) is 0 Å². The molecule has 0 aromatic heterocycles. The minimum atomic E-state index is -0.403. The Morgan fingerprint density at radius 2 is 2.10 bits per heavy atom. The van der Waals surface area contributed by atoms with Gasteiger partial charge in [0, 0.05) is 24.3 Å². The van der Waals surface area contributed by atoms with Gasteiger partial charge in [0.05, 0.1) is 13.7 Å². The van der Waals surface area contributed by atoms with Crippen LogP contribution < -0.4 is 10.1 Å². The maximum absolute atomic E-state index is 11.6. The van der Waals surface area contributed by atoms with Crippen molar-refractivity contribution >= 4 is 23.6 Å². The van der Waals surface area contributed by atoms with E-state index in [9.17, 15) is 9.59 Å². The van der Waals surface area contributed by atoms with Crippen molar-refractivity contribution in [3.8, 4) is 5.75 Å². The molecule has 0 radical (unpaired) electrons. The monoisotopic (exact) mass is 291 g/mol. The van der Waals surface area contributed by atoms with Crippen molar-refractivity contribution in [1.82, 2.24) is 0 Å². The molecule has 114 valence electrons. The third kappa shape index (κ3) is 6.12. The van der Waals surface area contributed by atoms with Crippen LogP contribution in [0.4, 0.5) is 5.69 Å². The van der Waals surface area contributed by atoms with Crippen LogP contribution in [-0.4, -0.2) is 25.6 Å². The Kier molecular flexibility index (Phi) is 7.01. The molecule has 1 amide bonds. The number of carbonyl (C=O) groups excluding carboxylic acids is 2. The highest BCUT2D eigenvalue weighted by molar-refractivity contribution is 5.93. The highest BCUT2D eigenvalue weighted by Gasteiger charge is 2.05. The SMILES string of the molecule is CCCCOC(=O)/C=C/c1cc(OC)ccc1NC(C)=O. The first-order valence-electron chi connectivity index (χ1n) is 6.87. The van der Waals surface area contributed by atoms with Crippen LogP contribution in [0.5, 0.6) is 5.75 Å². The summed E-state index contributed by atoms with van der Waals surface area (Å²) in [5, 5.41) is 2.70. The zero-order valence-corrected chi connectivity index (χ0v) is 12.6. The number of methoxy groups -OCH3 is 1. The number of carbonyl (C=O) groups is 2. The van der Waals surface area contributed by atoms with Crippen LogP contribution in [-0.2, 0) is 14.3 Å². The highest BCUT2D eigenvalue weighted by atomic mass is 16.5. The molecule has 0 aliphatic rings. The van der Waals surface area contributed by atoms with Gasteiger partial charge in [-0.15, -0.1) is 0 Å². The van der Waals surface area contributed by atoms with Crippen LogP contribution in [0.2, 0.25) is 0 Å². The lowest BCUT2D eigenvalue weighted by atomic mass is 10.1. The third-order valence-corrected chi connectivity index (χ3v) is 2.71. The van der Waals surface area contributed by atoms with Gasteiger partial charge in [-0.25, -0.2) is 4.79 Å². The average molecular weight is 291 g/mol. The van der Waals surface area contributed by atoms with Gasteiger partial charge in [0.25, 0.3) is 0 Å². The van der Waals surface area contributed by atoms with Crippen molar-refractivity contribution in [1.29, 1.82) is 0 Å². The lowest BCUT2D eigenvalue weighted by molar-refractivity contribution is -0.137. The Morgan fingerprint density at radius 1 is 1.33 bits per heavy atom. The van der Waals surface area contributed by atoms with Gasteiger partial charge in [0.15, 0.2) is 0 Å². The molecule has 0 atom stereocenters.